The number of hydrogen-bond acceptors (Lipinski definition) is 1. The molecule has 6 rings (SSSR count). The smallest absolute Gasteiger partial charge is 0.0384 e. The van der Waals surface area contributed by atoms with Crippen molar-refractivity contribution in [3.8, 4) is 11.1 Å². The Morgan fingerprint density at radius 2 is 0.774 bits per heavy atom. The molecule has 0 saturated carbocycles. The molecule has 6 aromatic rings. The van der Waals surface area contributed by atoms with E-state index in [4.69, 9.17) is 0 Å². The van der Waals surface area contributed by atoms with Crippen molar-refractivity contribution in [2.24, 2.45) is 0 Å². The lowest BCUT2D eigenvalue weighted by molar-refractivity contribution is 1.54. The molecule has 0 aromatic heterocycles. The maximum Gasteiger partial charge on any atom is 0.0384 e. The summed E-state index contributed by atoms with van der Waals surface area (Å²) in [5, 5.41) is 11.3. The monoisotopic (exact) mass is 395 g/mol. The molecule has 6 aromatic carbocycles. The summed E-state index contributed by atoms with van der Waals surface area (Å²) in [6.07, 6.45) is 0. The van der Waals surface area contributed by atoms with Gasteiger partial charge in [0.1, 0.15) is 0 Å². The van der Waals surface area contributed by atoms with E-state index < -0.39 is 0 Å². The van der Waals surface area contributed by atoms with Crippen LogP contribution in [-0.4, -0.2) is 0 Å². The second-order valence-electron chi connectivity index (χ2n) is 7.92. The summed E-state index contributed by atoms with van der Waals surface area (Å²) in [5.41, 5.74) is 4.64. The van der Waals surface area contributed by atoms with Gasteiger partial charge in [0, 0.05) is 11.4 Å². The molecule has 0 saturated heterocycles. The lowest BCUT2D eigenvalue weighted by Gasteiger charge is -2.12. The van der Waals surface area contributed by atoms with Crippen molar-refractivity contribution in [2.75, 3.05) is 5.32 Å². The Morgan fingerprint density at radius 1 is 0.323 bits per heavy atom. The first-order valence-electron chi connectivity index (χ1n) is 10.6. The molecule has 0 unspecified atom stereocenters. The molecule has 0 aliphatic rings. The molecule has 0 aliphatic carbocycles. The van der Waals surface area contributed by atoms with Gasteiger partial charge in [-0.1, -0.05) is 91.0 Å². The van der Waals surface area contributed by atoms with E-state index in [2.05, 4.69) is 108 Å². The molecule has 0 bridgehead atoms. The Labute approximate surface area is 181 Å². The molecule has 1 nitrogen and oxygen atoms in total. The lowest BCUT2D eigenvalue weighted by Crippen LogP contribution is -1.89. The quantitative estimate of drug-likeness (QED) is 0.296. The van der Waals surface area contributed by atoms with Crippen molar-refractivity contribution in [1.29, 1.82) is 0 Å². The molecule has 0 heterocycles. The van der Waals surface area contributed by atoms with E-state index in [-0.39, 0.29) is 0 Å². The summed E-state index contributed by atoms with van der Waals surface area (Å²) >= 11 is 0. The third kappa shape index (κ3) is 3.12. The zero-order valence-corrected chi connectivity index (χ0v) is 17.0. The van der Waals surface area contributed by atoms with Crippen LogP contribution in [-0.2, 0) is 0 Å². The van der Waals surface area contributed by atoms with Gasteiger partial charge in [-0.15, -0.1) is 0 Å². The second kappa shape index (κ2) is 7.30. The van der Waals surface area contributed by atoms with Crippen LogP contribution < -0.4 is 5.32 Å². The molecule has 1 heteroatoms. The Kier molecular flexibility index (Phi) is 4.18. The Hall–Kier alpha value is -4.10. The Morgan fingerprint density at radius 3 is 1.39 bits per heavy atom. The highest BCUT2D eigenvalue weighted by Gasteiger charge is 2.09. The molecule has 0 radical (unpaired) electrons. The topological polar surface area (TPSA) is 12.0 Å². The molecule has 146 valence electrons. The molecule has 0 aliphatic heterocycles. The second-order valence-corrected chi connectivity index (χ2v) is 7.92. The van der Waals surface area contributed by atoms with Crippen LogP contribution in [0.3, 0.4) is 0 Å². The third-order valence-corrected chi connectivity index (χ3v) is 6.02. The first-order valence-corrected chi connectivity index (χ1v) is 10.6. The van der Waals surface area contributed by atoms with E-state index in [0.717, 1.165) is 11.4 Å². The van der Waals surface area contributed by atoms with Crippen molar-refractivity contribution in [2.45, 2.75) is 0 Å². The van der Waals surface area contributed by atoms with E-state index >= 15 is 0 Å². The van der Waals surface area contributed by atoms with Crippen molar-refractivity contribution in [3.05, 3.63) is 121 Å². The van der Waals surface area contributed by atoms with Crippen LogP contribution in [0, 0.1) is 0 Å². The largest absolute Gasteiger partial charge is 0.356 e. The van der Waals surface area contributed by atoms with Crippen LogP contribution >= 0.6 is 0 Å². The lowest BCUT2D eigenvalue weighted by atomic mass is 9.92. The summed E-state index contributed by atoms with van der Waals surface area (Å²) in [6.45, 7) is 0. The predicted molar refractivity (Wildman–Crippen MR) is 134 cm³/mol. The summed E-state index contributed by atoms with van der Waals surface area (Å²) in [6, 6.07) is 43.2. The third-order valence-electron chi connectivity index (χ3n) is 6.02. The van der Waals surface area contributed by atoms with Crippen LogP contribution in [0.25, 0.3) is 43.4 Å². The van der Waals surface area contributed by atoms with Gasteiger partial charge in [0.05, 0.1) is 0 Å². The minimum Gasteiger partial charge on any atom is -0.356 e. The fraction of sp³-hybridized carbons (Fsp3) is 0. The van der Waals surface area contributed by atoms with Crippen LogP contribution in [0.2, 0.25) is 0 Å². The molecule has 0 fully saturated rings. The fourth-order valence-corrected chi connectivity index (χ4v) is 4.52. The number of benzene rings is 6. The van der Waals surface area contributed by atoms with E-state index in [1.54, 1.807) is 0 Å². The van der Waals surface area contributed by atoms with Crippen molar-refractivity contribution in [1.82, 2.24) is 0 Å². The SMILES string of the molecule is c1ccc(Nc2ccc(-c3ccc4c5ccccc5c5ccccc5c4c3)cc2)cc1. The fourth-order valence-electron chi connectivity index (χ4n) is 4.52. The van der Waals surface area contributed by atoms with Crippen molar-refractivity contribution < 1.29 is 0 Å². The van der Waals surface area contributed by atoms with Gasteiger partial charge in [-0.3, -0.25) is 0 Å². The van der Waals surface area contributed by atoms with Gasteiger partial charge < -0.3 is 5.32 Å². The zero-order valence-electron chi connectivity index (χ0n) is 17.0. The summed E-state index contributed by atoms with van der Waals surface area (Å²) in [5.74, 6) is 0. The van der Waals surface area contributed by atoms with Crippen molar-refractivity contribution >= 4 is 43.7 Å². The van der Waals surface area contributed by atoms with Crippen LogP contribution in [0.5, 0.6) is 0 Å². The number of para-hydroxylation sites is 1. The highest BCUT2D eigenvalue weighted by molar-refractivity contribution is 6.25. The van der Waals surface area contributed by atoms with Gasteiger partial charge in [-0.25, -0.2) is 0 Å². The average Bonchev–Trinajstić information content (AvgIpc) is 2.85. The highest BCUT2D eigenvalue weighted by atomic mass is 14.9. The number of rotatable bonds is 3. The minimum atomic E-state index is 1.09. The van der Waals surface area contributed by atoms with E-state index in [9.17, 15) is 0 Å². The number of anilines is 2. The maximum atomic E-state index is 3.46. The summed E-state index contributed by atoms with van der Waals surface area (Å²) < 4.78 is 0. The normalized spacial score (nSPS) is 11.2. The minimum absolute atomic E-state index is 1.09. The van der Waals surface area contributed by atoms with Gasteiger partial charge in [0.15, 0.2) is 0 Å². The van der Waals surface area contributed by atoms with Gasteiger partial charge in [0.25, 0.3) is 0 Å². The van der Waals surface area contributed by atoms with Gasteiger partial charge >= 0.3 is 0 Å². The molecule has 0 amide bonds. The zero-order chi connectivity index (χ0) is 20.6. The van der Waals surface area contributed by atoms with Crippen LogP contribution in [0.1, 0.15) is 0 Å². The molecular formula is C30H21N. The molecule has 0 spiro atoms. The maximum absolute atomic E-state index is 3.46. The Bertz CT molecular complexity index is 1500. The van der Waals surface area contributed by atoms with E-state index in [1.165, 1.54) is 43.4 Å². The first kappa shape index (κ1) is 17.7. The number of nitrogens with one attached hydrogen (secondary N) is 1. The summed E-state index contributed by atoms with van der Waals surface area (Å²) in [7, 11) is 0. The molecular weight excluding hydrogens is 374 g/mol. The highest BCUT2D eigenvalue weighted by Crippen LogP contribution is 2.37. The van der Waals surface area contributed by atoms with Gasteiger partial charge in [-0.2, -0.15) is 0 Å². The Balaban J connectivity index is 1.47. The van der Waals surface area contributed by atoms with Gasteiger partial charge in [0.2, 0.25) is 0 Å². The average molecular weight is 396 g/mol. The summed E-state index contributed by atoms with van der Waals surface area (Å²) in [4.78, 5) is 0. The first-order chi connectivity index (χ1) is 15.4. The van der Waals surface area contributed by atoms with Crippen LogP contribution in [0.15, 0.2) is 121 Å². The van der Waals surface area contributed by atoms with E-state index in [0.29, 0.717) is 0 Å². The van der Waals surface area contributed by atoms with Crippen molar-refractivity contribution in [3.63, 3.8) is 0 Å². The predicted octanol–water partition coefficient (Wildman–Crippen LogP) is 8.56. The van der Waals surface area contributed by atoms with Crippen LogP contribution in [0.4, 0.5) is 11.4 Å². The van der Waals surface area contributed by atoms with E-state index in [1.807, 2.05) is 18.2 Å². The number of fused-ring (bicyclic) bond motifs is 6. The molecule has 1 N–H and O–H groups in total. The molecule has 0 atom stereocenters. The number of hydrogen-bond donors (Lipinski definition) is 1. The molecule has 31 heavy (non-hydrogen) atoms. The van der Waals surface area contributed by atoms with Gasteiger partial charge in [-0.05, 0) is 73.8 Å². The standard InChI is InChI=1S/C30H21N/c1-2-8-23(9-3-1)31-24-17-14-21(15-18-24)22-16-19-29-27-12-5-4-10-25(27)26-11-6-7-13-28(26)30(29)20-22/h1-20,31H.